The molecule has 0 amide bonds. The number of hydrogen-bond donors (Lipinski definition) is 0. The summed E-state index contributed by atoms with van der Waals surface area (Å²) in [4.78, 5) is 16.3. The summed E-state index contributed by atoms with van der Waals surface area (Å²) >= 11 is 6.00. The van der Waals surface area contributed by atoms with E-state index in [0.29, 0.717) is 5.75 Å². The van der Waals surface area contributed by atoms with Gasteiger partial charge in [-0.15, -0.1) is 0 Å². The molecule has 5 heteroatoms. The van der Waals surface area contributed by atoms with E-state index >= 15 is 0 Å². The van der Waals surface area contributed by atoms with Gasteiger partial charge >= 0.3 is 5.97 Å². The molecule has 0 unspecified atom stereocenters. The highest BCUT2D eigenvalue weighted by Crippen LogP contribution is 2.33. The summed E-state index contributed by atoms with van der Waals surface area (Å²) in [7, 11) is 1.35. The minimum absolute atomic E-state index is 0.130. The molecule has 0 saturated heterocycles. The van der Waals surface area contributed by atoms with Gasteiger partial charge in [0.2, 0.25) is 0 Å². The van der Waals surface area contributed by atoms with Crippen LogP contribution in [-0.2, 0) is 16.0 Å². The van der Waals surface area contributed by atoms with Gasteiger partial charge in [-0.1, -0.05) is 23.7 Å². The van der Waals surface area contributed by atoms with E-state index in [0.717, 1.165) is 50.3 Å². The van der Waals surface area contributed by atoms with E-state index < -0.39 is 5.97 Å². The number of nitrogens with zero attached hydrogens (tertiary/aromatic N) is 1. The van der Waals surface area contributed by atoms with Crippen LogP contribution in [0, 0.1) is 20.8 Å². The van der Waals surface area contributed by atoms with Crippen molar-refractivity contribution < 1.29 is 14.3 Å². The number of carbonyl (C=O) groups is 1. The molecule has 0 spiro atoms. The van der Waals surface area contributed by atoms with E-state index in [1.54, 1.807) is 0 Å². The molecule has 4 nitrogen and oxygen atoms in total. The lowest BCUT2D eigenvalue weighted by Gasteiger charge is -2.16. The van der Waals surface area contributed by atoms with Gasteiger partial charge in [0.15, 0.2) is 6.61 Å². The van der Waals surface area contributed by atoms with E-state index in [1.807, 2.05) is 50.2 Å². The maximum absolute atomic E-state index is 11.5. The molecule has 0 N–H and O–H groups in total. The summed E-state index contributed by atoms with van der Waals surface area (Å²) in [6.45, 7) is 5.95. The second-order valence-electron chi connectivity index (χ2n) is 6.63. The minimum atomic E-state index is -0.413. The van der Waals surface area contributed by atoms with Crippen molar-refractivity contribution in [1.29, 1.82) is 0 Å². The Morgan fingerprint density at radius 2 is 1.81 bits per heavy atom. The van der Waals surface area contributed by atoms with E-state index in [9.17, 15) is 4.79 Å². The molecule has 0 saturated carbocycles. The average Bonchev–Trinajstić information content (AvgIpc) is 2.63. The van der Waals surface area contributed by atoms with Gasteiger partial charge in [0.05, 0.1) is 12.6 Å². The molecule has 0 fully saturated rings. The van der Waals surface area contributed by atoms with Crippen LogP contribution in [0.1, 0.15) is 27.9 Å². The van der Waals surface area contributed by atoms with Crippen molar-refractivity contribution in [2.24, 2.45) is 0 Å². The Balaban J connectivity index is 2.08. The number of ether oxygens (including phenoxy) is 2. The van der Waals surface area contributed by atoms with Crippen LogP contribution in [0.25, 0.3) is 10.9 Å². The summed E-state index contributed by atoms with van der Waals surface area (Å²) in [6, 6.07) is 11.8. The van der Waals surface area contributed by atoms with Gasteiger partial charge in [0.1, 0.15) is 5.75 Å². The normalized spacial score (nSPS) is 10.9. The van der Waals surface area contributed by atoms with Crippen LogP contribution >= 0.6 is 11.6 Å². The second-order valence-corrected chi connectivity index (χ2v) is 7.06. The number of methoxy groups -OCH3 is 1. The van der Waals surface area contributed by atoms with E-state index in [-0.39, 0.29) is 6.61 Å². The van der Waals surface area contributed by atoms with Crippen molar-refractivity contribution in [3.05, 3.63) is 69.4 Å². The highest BCUT2D eigenvalue weighted by Gasteiger charge is 2.15. The first-order valence-corrected chi connectivity index (χ1v) is 9.11. The van der Waals surface area contributed by atoms with Gasteiger partial charge in [-0.05, 0) is 73.7 Å². The molecule has 3 aromatic rings. The van der Waals surface area contributed by atoms with Crippen LogP contribution in [0.4, 0.5) is 0 Å². The zero-order valence-electron chi connectivity index (χ0n) is 15.9. The minimum Gasteiger partial charge on any atom is -0.481 e. The van der Waals surface area contributed by atoms with E-state index in [4.69, 9.17) is 21.3 Å². The van der Waals surface area contributed by atoms with Gasteiger partial charge in [0.25, 0.3) is 0 Å². The highest BCUT2D eigenvalue weighted by molar-refractivity contribution is 6.30. The number of benzene rings is 2. The van der Waals surface area contributed by atoms with Crippen LogP contribution in [0.2, 0.25) is 5.02 Å². The number of rotatable bonds is 5. The number of fused-ring (bicyclic) bond motifs is 1. The number of halogens is 1. The zero-order chi connectivity index (χ0) is 19.6. The third-order valence-corrected chi connectivity index (χ3v) is 4.90. The Bertz CT molecular complexity index is 997. The quantitative estimate of drug-likeness (QED) is 0.584. The molecule has 0 bridgehead atoms. The number of hydrogen-bond acceptors (Lipinski definition) is 4. The van der Waals surface area contributed by atoms with Crippen LogP contribution in [0.3, 0.4) is 0 Å². The molecule has 140 valence electrons. The smallest absolute Gasteiger partial charge is 0.343 e. The first-order chi connectivity index (χ1) is 12.9. The van der Waals surface area contributed by atoms with Crippen LogP contribution in [0.15, 0.2) is 36.4 Å². The summed E-state index contributed by atoms with van der Waals surface area (Å²) in [5.74, 6) is 0.238. The Hall–Kier alpha value is -2.59. The van der Waals surface area contributed by atoms with Crippen molar-refractivity contribution in [1.82, 2.24) is 4.98 Å². The molecule has 3 rings (SSSR count). The predicted molar refractivity (Wildman–Crippen MR) is 108 cm³/mol. The Morgan fingerprint density at radius 3 is 2.48 bits per heavy atom. The second kappa shape index (κ2) is 7.97. The third-order valence-electron chi connectivity index (χ3n) is 4.65. The maximum Gasteiger partial charge on any atom is 0.343 e. The summed E-state index contributed by atoms with van der Waals surface area (Å²) in [5.41, 5.74) is 6.29. The number of carbonyl (C=O) groups excluding carboxylic acids is 1. The fourth-order valence-electron chi connectivity index (χ4n) is 3.25. The standard InChI is InChI=1S/C22H22ClNO3/c1-13-9-19-22(20(10-13)27-12-21(25)26-4)14(2)18(15(3)24-19)11-16-5-7-17(23)8-6-16/h5-10H,11-12H2,1-4H3. The predicted octanol–water partition coefficient (Wildman–Crippen LogP) is 4.96. The molecule has 27 heavy (non-hydrogen) atoms. The van der Waals surface area contributed by atoms with Gasteiger partial charge in [0, 0.05) is 16.1 Å². The van der Waals surface area contributed by atoms with Crippen molar-refractivity contribution >= 4 is 28.5 Å². The Labute approximate surface area is 164 Å². The largest absolute Gasteiger partial charge is 0.481 e. The lowest BCUT2D eigenvalue weighted by atomic mass is 9.95. The van der Waals surface area contributed by atoms with Crippen LogP contribution in [-0.4, -0.2) is 24.7 Å². The number of aryl methyl sites for hydroxylation is 3. The molecule has 0 atom stereocenters. The Morgan fingerprint density at radius 1 is 1.11 bits per heavy atom. The third kappa shape index (κ3) is 4.22. The molecule has 1 heterocycles. The summed E-state index contributed by atoms with van der Waals surface area (Å²) in [6.07, 6.45) is 0.752. The maximum atomic E-state index is 11.5. The fraction of sp³-hybridized carbons (Fsp3) is 0.273. The van der Waals surface area contributed by atoms with Crippen molar-refractivity contribution in [3.63, 3.8) is 0 Å². The van der Waals surface area contributed by atoms with Gasteiger partial charge in [-0.25, -0.2) is 4.79 Å². The lowest BCUT2D eigenvalue weighted by Crippen LogP contribution is -2.13. The van der Waals surface area contributed by atoms with Crippen LogP contribution in [0.5, 0.6) is 5.75 Å². The molecule has 0 aliphatic heterocycles. The van der Waals surface area contributed by atoms with Gasteiger partial charge < -0.3 is 9.47 Å². The molecule has 2 aromatic carbocycles. The molecule has 0 aliphatic carbocycles. The lowest BCUT2D eigenvalue weighted by molar-refractivity contribution is -0.142. The van der Waals surface area contributed by atoms with Crippen molar-refractivity contribution in [2.75, 3.05) is 13.7 Å². The SMILES string of the molecule is COC(=O)COc1cc(C)cc2nc(C)c(Cc3ccc(Cl)cc3)c(C)c12. The van der Waals surface area contributed by atoms with Gasteiger partial charge in [-0.3, -0.25) is 4.98 Å². The van der Waals surface area contributed by atoms with E-state index in [1.165, 1.54) is 7.11 Å². The highest BCUT2D eigenvalue weighted by atomic mass is 35.5. The number of esters is 1. The molecular weight excluding hydrogens is 362 g/mol. The Kier molecular flexibility index (Phi) is 5.66. The molecule has 0 aliphatic rings. The first-order valence-electron chi connectivity index (χ1n) is 8.73. The van der Waals surface area contributed by atoms with Gasteiger partial charge in [-0.2, -0.15) is 0 Å². The number of pyridine rings is 1. The summed E-state index contributed by atoms with van der Waals surface area (Å²) < 4.78 is 10.4. The van der Waals surface area contributed by atoms with Crippen molar-refractivity contribution in [2.45, 2.75) is 27.2 Å². The monoisotopic (exact) mass is 383 g/mol. The topological polar surface area (TPSA) is 48.4 Å². The van der Waals surface area contributed by atoms with E-state index in [2.05, 4.69) is 11.7 Å². The fourth-order valence-corrected chi connectivity index (χ4v) is 3.37. The first kappa shape index (κ1) is 19.2. The van der Waals surface area contributed by atoms with Crippen LogP contribution < -0.4 is 4.74 Å². The average molecular weight is 384 g/mol. The molecular formula is C22H22ClNO3. The summed E-state index contributed by atoms with van der Waals surface area (Å²) in [5, 5.41) is 1.65. The zero-order valence-corrected chi connectivity index (χ0v) is 16.7. The van der Waals surface area contributed by atoms with Crippen molar-refractivity contribution in [3.8, 4) is 5.75 Å². The molecule has 1 aromatic heterocycles. The number of aromatic nitrogens is 1. The molecule has 0 radical (unpaired) electrons.